The minimum Gasteiger partial charge on any atom is -0.350 e. The van der Waals surface area contributed by atoms with Crippen molar-refractivity contribution in [1.82, 2.24) is 0 Å². The van der Waals surface area contributed by atoms with E-state index in [-0.39, 0.29) is 18.0 Å². The second-order valence-electron chi connectivity index (χ2n) is 3.15. The van der Waals surface area contributed by atoms with Crippen LogP contribution < -0.4 is 0 Å². The third-order valence-electron chi connectivity index (χ3n) is 2.22. The van der Waals surface area contributed by atoms with Gasteiger partial charge in [0.25, 0.3) is 0 Å². The molecule has 3 heteroatoms. The molecule has 1 aliphatic rings. The standard InChI is InChI=1S/C9H16O3/c1-3-7(2)8(10)6-9-11-4-5-12-9/h7,9H,3-6H2,1-2H3. The van der Waals surface area contributed by atoms with Gasteiger partial charge in [0.05, 0.1) is 19.6 Å². The van der Waals surface area contributed by atoms with Crippen LogP contribution in [0, 0.1) is 5.92 Å². The normalized spacial score (nSPS) is 21.2. The van der Waals surface area contributed by atoms with E-state index >= 15 is 0 Å². The van der Waals surface area contributed by atoms with E-state index in [2.05, 4.69) is 0 Å². The van der Waals surface area contributed by atoms with Crippen LogP contribution in [0.15, 0.2) is 0 Å². The van der Waals surface area contributed by atoms with Gasteiger partial charge in [0, 0.05) is 5.92 Å². The minimum atomic E-state index is -0.272. The highest BCUT2D eigenvalue weighted by atomic mass is 16.7. The van der Waals surface area contributed by atoms with Gasteiger partial charge in [-0.15, -0.1) is 0 Å². The van der Waals surface area contributed by atoms with Gasteiger partial charge in [0.1, 0.15) is 5.78 Å². The maximum absolute atomic E-state index is 11.4. The van der Waals surface area contributed by atoms with Crippen molar-refractivity contribution < 1.29 is 14.3 Å². The smallest absolute Gasteiger partial charge is 0.164 e. The van der Waals surface area contributed by atoms with Crippen LogP contribution in [0.1, 0.15) is 26.7 Å². The summed E-state index contributed by atoms with van der Waals surface area (Å²) in [6.45, 7) is 5.20. The Morgan fingerprint density at radius 1 is 1.50 bits per heavy atom. The summed E-state index contributed by atoms with van der Waals surface area (Å²) >= 11 is 0. The number of carbonyl (C=O) groups is 1. The maximum atomic E-state index is 11.4. The van der Waals surface area contributed by atoms with Crippen LogP contribution in [0.3, 0.4) is 0 Å². The van der Waals surface area contributed by atoms with Gasteiger partial charge in [0.2, 0.25) is 0 Å². The molecule has 0 aliphatic carbocycles. The molecule has 0 saturated carbocycles. The fraction of sp³-hybridized carbons (Fsp3) is 0.889. The van der Waals surface area contributed by atoms with Gasteiger partial charge in [-0.2, -0.15) is 0 Å². The Hall–Kier alpha value is -0.410. The molecule has 0 bridgehead atoms. The number of Topliss-reactive ketones (excluding diaryl/α,β-unsaturated/α-hetero) is 1. The van der Waals surface area contributed by atoms with Crippen LogP contribution in [-0.4, -0.2) is 25.3 Å². The number of carbonyl (C=O) groups excluding carboxylic acids is 1. The van der Waals surface area contributed by atoms with Crippen molar-refractivity contribution in [2.45, 2.75) is 33.0 Å². The lowest BCUT2D eigenvalue weighted by atomic mass is 10.0. The van der Waals surface area contributed by atoms with Crippen molar-refractivity contribution in [3.63, 3.8) is 0 Å². The SMILES string of the molecule is CCC(C)C(=O)CC1OCCO1. The first-order valence-corrected chi connectivity index (χ1v) is 4.50. The fourth-order valence-electron chi connectivity index (χ4n) is 1.12. The molecule has 3 nitrogen and oxygen atoms in total. The molecule has 1 unspecified atom stereocenters. The molecule has 1 rings (SSSR count). The Bertz CT molecular complexity index is 150. The second-order valence-corrected chi connectivity index (χ2v) is 3.15. The van der Waals surface area contributed by atoms with E-state index in [0.717, 1.165) is 6.42 Å². The van der Waals surface area contributed by atoms with Crippen molar-refractivity contribution in [3.05, 3.63) is 0 Å². The molecule has 1 heterocycles. The molecule has 1 aliphatic heterocycles. The Labute approximate surface area is 73.0 Å². The Kier molecular flexibility index (Phi) is 3.69. The van der Waals surface area contributed by atoms with Gasteiger partial charge >= 0.3 is 0 Å². The zero-order valence-electron chi connectivity index (χ0n) is 7.71. The lowest BCUT2D eigenvalue weighted by molar-refractivity contribution is -0.130. The zero-order chi connectivity index (χ0) is 8.97. The van der Waals surface area contributed by atoms with Crippen molar-refractivity contribution >= 4 is 5.78 Å². The molecular formula is C9H16O3. The number of ketones is 1. The van der Waals surface area contributed by atoms with E-state index in [9.17, 15) is 4.79 Å². The average molecular weight is 172 g/mol. The molecule has 0 aromatic heterocycles. The number of ether oxygens (including phenoxy) is 2. The molecule has 0 aromatic carbocycles. The van der Waals surface area contributed by atoms with Crippen LogP contribution in [0.5, 0.6) is 0 Å². The van der Waals surface area contributed by atoms with E-state index in [0.29, 0.717) is 19.6 Å². The number of rotatable bonds is 4. The Morgan fingerprint density at radius 3 is 2.58 bits per heavy atom. The van der Waals surface area contributed by atoms with Gasteiger partial charge in [-0.1, -0.05) is 13.8 Å². The van der Waals surface area contributed by atoms with Gasteiger partial charge in [0.15, 0.2) is 6.29 Å². The van der Waals surface area contributed by atoms with Crippen LogP contribution in [0.25, 0.3) is 0 Å². The third-order valence-corrected chi connectivity index (χ3v) is 2.22. The summed E-state index contributed by atoms with van der Waals surface area (Å²) < 4.78 is 10.4. The summed E-state index contributed by atoms with van der Waals surface area (Å²) in [5.74, 6) is 0.377. The van der Waals surface area contributed by atoms with Crippen molar-refractivity contribution in [2.24, 2.45) is 5.92 Å². The largest absolute Gasteiger partial charge is 0.350 e. The molecule has 0 amide bonds. The average Bonchev–Trinajstić information content (AvgIpc) is 2.55. The predicted molar refractivity (Wildman–Crippen MR) is 44.8 cm³/mol. The van der Waals surface area contributed by atoms with E-state index in [1.807, 2.05) is 13.8 Å². The first-order chi connectivity index (χ1) is 5.74. The molecule has 0 N–H and O–H groups in total. The van der Waals surface area contributed by atoms with Gasteiger partial charge in [-0.25, -0.2) is 0 Å². The predicted octanol–water partition coefficient (Wildman–Crippen LogP) is 1.36. The third kappa shape index (κ3) is 2.57. The van der Waals surface area contributed by atoms with E-state index in [4.69, 9.17) is 9.47 Å². The zero-order valence-corrected chi connectivity index (χ0v) is 7.71. The molecule has 0 aromatic rings. The summed E-state index contributed by atoms with van der Waals surface area (Å²) in [4.78, 5) is 11.4. The first-order valence-electron chi connectivity index (χ1n) is 4.50. The van der Waals surface area contributed by atoms with Crippen LogP contribution >= 0.6 is 0 Å². The number of hydrogen-bond acceptors (Lipinski definition) is 3. The maximum Gasteiger partial charge on any atom is 0.164 e. The highest BCUT2D eigenvalue weighted by Crippen LogP contribution is 2.13. The lowest BCUT2D eigenvalue weighted by Crippen LogP contribution is -2.19. The summed E-state index contributed by atoms with van der Waals surface area (Å²) in [5.41, 5.74) is 0. The molecule has 1 saturated heterocycles. The van der Waals surface area contributed by atoms with Gasteiger partial charge in [-0.05, 0) is 6.42 Å². The van der Waals surface area contributed by atoms with Crippen LogP contribution in [0.2, 0.25) is 0 Å². The van der Waals surface area contributed by atoms with E-state index < -0.39 is 0 Å². The van der Waals surface area contributed by atoms with E-state index in [1.165, 1.54) is 0 Å². The molecular weight excluding hydrogens is 156 g/mol. The van der Waals surface area contributed by atoms with Gasteiger partial charge in [-0.3, -0.25) is 4.79 Å². The molecule has 0 spiro atoms. The van der Waals surface area contributed by atoms with Crippen molar-refractivity contribution in [3.8, 4) is 0 Å². The van der Waals surface area contributed by atoms with Gasteiger partial charge < -0.3 is 9.47 Å². The topological polar surface area (TPSA) is 35.5 Å². The summed E-state index contributed by atoms with van der Waals surface area (Å²) in [7, 11) is 0. The lowest BCUT2D eigenvalue weighted by Gasteiger charge is -2.11. The second kappa shape index (κ2) is 4.58. The monoisotopic (exact) mass is 172 g/mol. The highest BCUT2D eigenvalue weighted by Gasteiger charge is 2.21. The van der Waals surface area contributed by atoms with E-state index in [1.54, 1.807) is 0 Å². The number of hydrogen-bond donors (Lipinski definition) is 0. The summed E-state index contributed by atoms with van der Waals surface area (Å²) in [6, 6.07) is 0. The first kappa shape index (κ1) is 9.68. The fourth-order valence-corrected chi connectivity index (χ4v) is 1.12. The summed E-state index contributed by atoms with van der Waals surface area (Å²) in [6.07, 6.45) is 1.03. The Balaban J connectivity index is 2.25. The highest BCUT2D eigenvalue weighted by molar-refractivity contribution is 5.80. The molecule has 0 radical (unpaired) electrons. The molecule has 70 valence electrons. The molecule has 12 heavy (non-hydrogen) atoms. The van der Waals surface area contributed by atoms with Crippen LogP contribution in [-0.2, 0) is 14.3 Å². The quantitative estimate of drug-likeness (QED) is 0.642. The summed E-state index contributed by atoms with van der Waals surface area (Å²) in [5, 5.41) is 0. The van der Waals surface area contributed by atoms with Crippen molar-refractivity contribution in [1.29, 1.82) is 0 Å². The Morgan fingerprint density at radius 2 is 2.08 bits per heavy atom. The minimum absolute atomic E-state index is 0.137. The molecule has 1 fully saturated rings. The van der Waals surface area contributed by atoms with Crippen LogP contribution in [0.4, 0.5) is 0 Å². The van der Waals surface area contributed by atoms with Crippen molar-refractivity contribution in [2.75, 3.05) is 13.2 Å². The molecule has 1 atom stereocenters.